The molecule has 1 aliphatic heterocycles. The van der Waals surface area contributed by atoms with Crippen LogP contribution in [0.2, 0.25) is 0 Å². The van der Waals surface area contributed by atoms with Crippen molar-refractivity contribution in [3.8, 4) is 12.1 Å². The normalized spacial score (nSPS) is 22.7. The third kappa shape index (κ3) is 4.84. The van der Waals surface area contributed by atoms with Crippen molar-refractivity contribution in [2.45, 2.75) is 57.5 Å². The minimum atomic E-state index is -0.137. The molecule has 1 aliphatic carbocycles. The van der Waals surface area contributed by atoms with Gasteiger partial charge in [-0.15, -0.1) is 0 Å². The summed E-state index contributed by atoms with van der Waals surface area (Å²) >= 11 is 0. The number of fused-ring (bicyclic) bond motifs is 1. The minimum absolute atomic E-state index is 0.0355. The smallest absolute Gasteiger partial charge is 0.234 e. The molecule has 0 unspecified atom stereocenters. The molecule has 1 saturated carbocycles. The van der Waals surface area contributed by atoms with Crippen molar-refractivity contribution in [3.63, 3.8) is 0 Å². The molecule has 1 N–H and O–H groups in total. The zero-order valence-corrected chi connectivity index (χ0v) is 15.2. The summed E-state index contributed by atoms with van der Waals surface area (Å²) in [6.07, 6.45) is 6.59. The summed E-state index contributed by atoms with van der Waals surface area (Å²) in [7, 11) is 0. The lowest BCUT2D eigenvalue weighted by atomic mass is 9.84. The maximum atomic E-state index is 11.5. The molecule has 0 radical (unpaired) electrons. The van der Waals surface area contributed by atoms with Crippen LogP contribution < -0.4 is 5.32 Å². The fourth-order valence-corrected chi connectivity index (χ4v) is 4.18. The number of nitriles is 2. The summed E-state index contributed by atoms with van der Waals surface area (Å²) < 4.78 is 0. The molecule has 1 heterocycles. The van der Waals surface area contributed by atoms with Gasteiger partial charge in [0.15, 0.2) is 0 Å². The second kappa shape index (κ2) is 8.83. The predicted octanol–water partition coefficient (Wildman–Crippen LogP) is 2.90. The molecule has 0 atom stereocenters. The Morgan fingerprint density at radius 1 is 1.19 bits per heavy atom. The molecule has 2 aliphatic rings. The first-order chi connectivity index (χ1) is 12.7. The second-order valence-corrected chi connectivity index (χ2v) is 7.53. The van der Waals surface area contributed by atoms with Crippen LogP contribution >= 0.6 is 0 Å². The van der Waals surface area contributed by atoms with Gasteiger partial charge in [0.25, 0.3) is 0 Å². The van der Waals surface area contributed by atoms with Gasteiger partial charge in [0.05, 0.1) is 17.7 Å². The number of nitrogens with one attached hydrogen (secondary N) is 1. The average molecular weight is 350 g/mol. The lowest BCUT2D eigenvalue weighted by Crippen LogP contribution is -2.38. The minimum Gasteiger partial charge on any atom is -0.352 e. The zero-order valence-electron chi connectivity index (χ0n) is 15.2. The van der Waals surface area contributed by atoms with Gasteiger partial charge < -0.3 is 5.32 Å². The average Bonchev–Trinajstić information content (AvgIpc) is 2.67. The fraction of sp³-hybridized carbons (Fsp3) is 0.571. The maximum absolute atomic E-state index is 11.5. The lowest BCUT2D eigenvalue weighted by molar-refractivity contribution is -0.121. The molecule has 26 heavy (non-hydrogen) atoms. The summed E-state index contributed by atoms with van der Waals surface area (Å²) in [6.45, 7) is 3.18. The molecular formula is C21H26N4O. The molecule has 1 aromatic carbocycles. The van der Waals surface area contributed by atoms with E-state index < -0.39 is 0 Å². The van der Waals surface area contributed by atoms with Gasteiger partial charge in [0.1, 0.15) is 6.42 Å². The number of hydrogen-bond acceptors (Lipinski definition) is 4. The molecule has 0 aromatic heterocycles. The number of amides is 1. The molecule has 0 bridgehead atoms. The largest absolute Gasteiger partial charge is 0.352 e. The topological polar surface area (TPSA) is 79.9 Å². The zero-order chi connectivity index (χ0) is 18.4. The van der Waals surface area contributed by atoms with E-state index in [2.05, 4.69) is 22.4 Å². The molecule has 5 nitrogen and oxygen atoms in total. The first kappa shape index (κ1) is 18.4. The molecule has 1 fully saturated rings. The van der Waals surface area contributed by atoms with E-state index in [0.29, 0.717) is 0 Å². The monoisotopic (exact) mass is 350 g/mol. The van der Waals surface area contributed by atoms with Crippen LogP contribution in [-0.2, 0) is 17.8 Å². The van der Waals surface area contributed by atoms with E-state index in [1.807, 2.05) is 18.2 Å². The van der Waals surface area contributed by atoms with E-state index >= 15 is 0 Å². The van der Waals surface area contributed by atoms with Crippen LogP contribution in [0.1, 0.15) is 55.2 Å². The van der Waals surface area contributed by atoms with Crippen molar-refractivity contribution in [2.24, 2.45) is 5.92 Å². The van der Waals surface area contributed by atoms with Crippen LogP contribution in [0.5, 0.6) is 0 Å². The van der Waals surface area contributed by atoms with Crippen LogP contribution in [0.15, 0.2) is 18.2 Å². The highest BCUT2D eigenvalue weighted by Crippen LogP contribution is 2.28. The number of hydrogen-bond donors (Lipinski definition) is 1. The third-order valence-corrected chi connectivity index (χ3v) is 5.73. The Morgan fingerprint density at radius 3 is 2.73 bits per heavy atom. The Kier molecular flexibility index (Phi) is 6.26. The van der Waals surface area contributed by atoms with Gasteiger partial charge in [0.2, 0.25) is 5.91 Å². The Morgan fingerprint density at radius 2 is 2.00 bits per heavy atom. The first-order valence-electron chi connectivity index (χ1n) is 9.58. The molecule has 1 aromatic rings. The van der Waals surface area contributed by atoms with Gasteiger partial charge in [-0.25, -0.2) is 0 Å². The van der Waals surface area contributed by atoms with Gasteiger partial charge >= 0.3 is 0 Å². The summed E-state index contributed by atoms with van der Waals surface area (Å²) in [5.41, 5.74) is 3.45. The molecule has 1 amide bonds. The van der Waals surface area contributed by atoms with Crippen LogP contribution in [0.4, 0.5) is 0 Å². The number of rotatable bonds is 5. The Bertz CT molecular complexity index is 723. The Hall–Kier alpha value is -2.37. The standard InChI is InChI=1S/C21H26N4O/c22-10-7-21(26)24-20-5-2-16(3-6-20)8-11-25-12-9-18-13-17(14-23)1-4-19(18)15-25/h1,4,13,16,20H,2-3,5-9,11-12,15H2,(H,24,26). The molecule has 136 valence electrons. The van der Waals surface area contributed by atoms with Gasteiger partial charge in [0, 0.05) is 19.1 Å². The van der Waals surface area contributed by atoms with Crippen molar-refractivity contribution >= 4 is 5.91 Å². The van der Waals surface area contributed by atoms with Gasteiger partial charge in [-0.3, -0.25) is 9.69 Å². The predicted molar refractivity (Wildman–Crippen MR) is 98.9 cm³/mol. The van der Waals surface area contributed by atoms with Gasteiger partial charge in [-0.1, -0.05) is 6.07 Å². The van der Waals surface area contributed by atoms with Crippen molar-refractivity contribution in [2.75, 3.05) is 13.1 Å². The van der Waals surface area contributed by atoms with Crippen molar-refractivity contribution < 1.29 is 4.79 Å². The van der Waals surface area contributed by atoms with Crippen LogP contribution in [-0.4, -0.2) is 29.9 Å². The van der Waals surface area contributed by atoms with Crippen molar-refractivity contribution in [1.29, 1.82) is 10.5 Å². The van der Waals surface area contributed by atoms with Crippen LogP contribution in [0, 0.1) is 28.6 Å². The number of carbonyl (C=O) groups excluding carboxylic acids is 1. The van der Waals surface area contributed by atoms with E-state index in [9.17, 15) is 4.79 Å². The highest BCUT2D eigenvalue weighted by molar-refractivity contribution is 5.78. The van der Waals surface area contributed by atoms with Gasteiger partial charge in [-0.05, 0) is 74.2 Å². The van der Waals surface area contributed by atoms with E-state index in [4.69, 9.17) is 10.5 Å². The quantitative estimate of drug-likeness (QED) is 0.885. The summed E-state index contributed by atoms with van der Waals surface area (Å²) in [5.74, 6) is 0.601. The maximum Gasteiger partial charge on any atom is 0.234 e. The molecule has 0 saturated heterocycles. The summed E-state index contributed by atoms with van der Waals surface area (Å²) in [5, 5.41) is 20.5. The summed E-state index contributed by atoms with van der Waals surface area (Å²) in [6, 6.07) is 10.4. The van der Waals surface area contributed by atoms with Gasteiger partial charge in [-0.2, -0.15) is 10.5 Å². The molecule has 0 spiro atoms. The second-order valence-electron chi connectivity index (χ2n) is 7.53. The molecular weight excluding hydrogens is 324 g/mol. The number of nitrogens with zero attached hydrogens (tertiary/aromatic N) is 3. The first-order valence-corrected chi connectivity index (χ1v) is 9.58. The molecule has 5 heteroatoms. The van der Waals surface area contributed by atoms with Crippen LogP contribution in [0.25, 0.3) is 0 Å². The number of carbonyl (C=O) groups is 1. The van der Waals surface area contributed by atoms with Crippen molar-refractivity contribution in [3.05, 3.63) is 34.9 Å². The van der Waals surface area contributed by atoms with E-state index in [1.54, 1.807) is 0 Å². The Balaban J connectivity index is 1.40. The fourth-order valence-electron chi connectivity index (χ4n) is 4.18. The summed E-state index contributed by atoms with van der Waals surface area (Å²) in [4.78, 5) is 14.0. The number of benzene rings is 1. The van der Waals surface area contributed by atoms with E-state index in [0.717, 1.165) is 63.2 Å². The third-order valence-electron chi connectivity index (χ3n) is 5.73. The SMILES string of the molecule is N#CCC(=O)NC1CCC(CCN2CCc3cc(C#N)ccc3C2)CC1. The highest BCUT2D eigenvalue weighted by atomic mass is 16.1. The highest BCUT2D eigenvalue weighted by Gasteiger charge is 2.23. The lowest BCUT2D eigenvalue weighted by Gasteiger charge is -2.33. The van der Waals surface area contributed by atoms with Crippen molar-refractivity contribution in [1.82, 2.24) is 10.2 Å². The Labute approximate surface area is 155 Å². The molecule has 3 rings (SSSR count). The van der Waals surface area contributed by atoms with E-state index in [-0.39, 0.29) is 18.4 Å². The van der Waals surface area contributed by atoms with E-state index in [1.165, 1.54) is 17.5 Å². The van der Waals surface area contributed by atoms with Crippen LogP contribution in [0.3, 0.4) is 0 Å².